The Bertz CT molecular complexity index is 434. The Morgan fingerprint density at radius 2 is 2.05 bits per heavy atom. The Morgan fingerprint density at radius 1 is 1.35 bits per heavy atom. The van der Waals surface area contributed by atoms with E-state index in [4.69, 9.17) is 5.73 Å². The van der Waals surface area contributed by atoms with Crippen LogP contribution in [0.2, 0.25) is 0 Å². The molecule has 0 aliphatic heterocycles. The van der Waals surface area contributed by atoms with Crippen molar-refractivity contribution in [1.29, 1.82) is 0 Å². The van der Waals surface area contributed by atoms with Gasteiger partial charge in [0.15, 0.2) is 0 Å². The second-order valence-corrected chi connectivity index (χ2v) is 5.99. The lowest BCUT2D eigenvalue weighted by Gasteiger charge is -2.15. The predicted molar refractivity (Wildman–Crippen MR) is 79.4 cm³/mol. The van der Waals surface area contributed by atoms with Gasteiger partial charge < -0.3 is 16.4 Å². The van der Waals surface area contributed by atoms with Crippen molar-refractivity contribution in [2.24, 2.45) is 11.7 Å². The number of nitrogens with zero attached hydrogens (tertiary/aromatic N) is 1. The van der Waals surface area contributed by atoms with Crippen LogP contribution in [0, 0.1) is 5.92 Å². The topological polar surface area (TPSA) is 97.1 Å². The number of hydrogen-bond acceptors (Lipinski definition) is 5. The molecule has 2 atom stereocenters. The number of nitrogens with two attached hydrogens (primary N) is 1. The third-order valence-electron chi connectivity index (χ3n) is 2.92. The first-order valence-electron chi connectivity index (χ1n) is 6.61. The molecule has 0 spiro atoms. The Kier molecular flexibility index (Phi) is 6.60. The molecule has 1 aromatic rings. The molecule has 0 bridgehead atoms. The molecule has 0 aliphatic rings. The molecule has 0 saturated heterocycles. The fraction of sp³-hybridized carbons (Fsp3) is 0.615. The standard InChI is InChI=1S/C13H22N4O2S/c1-8(2)11(14)12(19)17-7-10(18)16-6-9(3)13-15-4-5-20-13/h4-5,8-9,11H,6-7,14H2,1-3H3,(H,16,18)(H,17,19)/t9?,11-/m0/s1. The van der Waals surface area contributed by atoms with Crippen LogP contribution in [0.4, 0.5) is 0 Å². The van der Waals surface area contributed by atoms with Crippen LogP contribution in [-0.4, -0.2) is 35.9 Å². The number of amides is 2. The van der Waals surface area contributed by atoms with Crippen molar-refractivity contribution in [3.63, 3.8) is 0 Å². The highest BCUT2D eigenvalue weighted by molar-refractivity contribution is 7.09. The number of rotatable bonds is 7. The molecule has 0 aliphatic carbocycles. The second-order valence-electron chi connectivity index (χ2n) is 5.06. The minimum absolute atomic E-state index is 0.0444. The molecule has 112 valence electrons. The maximum Gasteiger partial charge on any atom is 0.239 e. The van der Waals surface area contributed by atoms with E-state index >= 15 is 0 Å². The van der Waals surface area contributed by atoms with Gasteiger partial charge in [0.25, 0.3) is 0 Å². The van der Waals surface area contributed by atoms with Gasteiger partial charge in [-0.15, -0.1) is 11.3 Å². The summed E-state index contributed by atoms with van der Waals surface area (Å²) in [6, 6.07) is -0.586. The molecule has 1 rings (SSSR count). The van der Waals surface area contributed by atoms with E-state index in [1.54, 1.807) is 17.5 Å². The fourth-order valence-corrected chi connectivity index (χ4v) is 2.18. The summed E-state index contributed by atoms with van der Waals surface area (Å²) in [5.74, 6) is -0.323. The van der Waals surface area contributed by atoms with Gasteiger partial charge in [-0.1, -0.05) is 20.8 Å². The third-order valence-corrected chi connectivity index (χ3v) is 3.93. The lowest BCUT2D eigenvalue weighted by atomic mass is 10.1. The van der Waals surface area contributed by atoms with Crippen LogP contribution in [0.15, 0.2) is 11.6 Å². The quantitative estimate of drug-likeness (QED) is 0.681. The highest BCUT2D eigenvalue weighted by atomic mass is 32.1. The molecule has 1 unspecified atom stereocenters. The number of nitrogens with one attached hydrogen (secondary N) is 2. The van der Waals surface area contributed by atoms with Crippen molar-refractivity contribution in [2.75, 3.05) is 13.1 Å². The maximum atomic E-state index is 11.6. The van der Waals surface area contributed by atoms with Gasteiger partial charge in [-0.05, 0) is 5.92 Å². The Labute approximate surface area is 123 Å². The predicted octanol–water partition coefficient (Wildman–Crippen LogP) is 0.462. The van der Waals surface area contributed by atoms with E-state index in [9.17, 15) is 9.59 Å². The summed E-state index contributed by atoms with van der Waals surface area (Å²) >= 11 is 1.56. The molecule has 0 aromatic carbocycles. The summed E-state index contributed by atoms with van der Waals surface area (Å²) < 4.78 is 0. The van der Waals surface area contributed by atoms with E-state index in [0.717, 1.165) is 5.01 Å². The van der Waals surface area contributed by atoms with Crippen LogP contribution in [0.25, 0.3) is 0 Å². The molecular weight excluding hydrogens is 276 g/mol. The van der Waals surface area contributed by atoms with Crippen LogP contribution in [0.3, 0.4) is 0 Å². The zero-order chi connectivity index (χ0) is 15.1. The van der Waals surface area contributed by atoms with Crippen molar-refractivity contribution in [3.8, 4) is 0 Å². The summed E-state index contributed by atoms with van der Waals surface area (Å²) in [6.45, 7) is 6.16. The molecular formula is C13H22N4O2S. The number of thiazole rings is 1. The number of carbonyl (C=O) groups excluding carboxylic acids is 2. The molecule has 2 amide bonds. The lowest BCUT2D eigenvalue weighted by Crippen LogP contribution is -2.47. The molecule has 0 radical (unpaired) electrons. The minimum Gasteiger partial charge on any atom is -0.354 e. The Balaban J connectivity index is 2.25. The zero-order valence-corrected chi connectivity index (χ0v) is 12.9. The van der Waals surface area contributed by atoms with Crippen LogP contribution < -0.4 is 16.4 Å². The van der Waals surface area contributed by atoms with Crippen molar-refractivity contribution in [3.05, 3.63) is 16.6 Å². The van der Waals surface area contributed by atoms with E-state index in [1.807, 2.05) is 26.2 Å². The third kappa shape index (κ3) is 5.26. The van der Waals surface area contributed by atoms with Crippen molar-refractivity contribution < 1.29 is 9.59 Å². The van der Waals surface area contributed by atoms with E-state index in [-0.39, 0.29) is 30.2 Å². The molecule has 1 heterocycles. The average Bonchev–Trinajstić information content (AvgIpc) is 2.95. The fourth-order valence-electron chi connectivity index (χ4n) is 1.48. The van der Waals surface area contributed by atoms with Crippen molar-refractivity contribution in [1.82, 2.24) is 15.6 Å². The van der Waals surface area contributed by atoms with E-state index in [0.29, 0.717) is 6.54 Å². The highest BCUT2D eigenvalue weighted by Crippen LogP contribution is 2.16. The van der Waals surface area contributed by atoms with Crippen molar-refractivity contribution in [2.45, 2.75) is 32.7 Å². The van der Waals surface area contributed by atoms with Gasteiger partial charge in [-0.3, -0.25) is 9.59 Å². The van der Waals surface area contributed by atoms with Gasteiger partial charge in [0.2, 0.25) is 11.8 Å². The first-order valence-corrected chi connectivity index (χ1v) is 7.49. The van der Waals surface area contributed by atoms with Gasteiger partial charge in [-0.25, -0.2) is 4.98 Å². The number of aromatic nitrogens is 1. The molecule has 1 aromatic heterocycles. The number of carbonyl (C=O) groups is 2. The zero-order valence-electron chi connectivity index (χ0n) is 12.1. The van der Waals surface area contributed by atoms with Crippen molar-refractivity contribution >= 4 is 23.2 Å². The summed E-state index contributed by atoms with van der Waals surface area (Å²) in [6.07, 6.45) is 1.74. The number of hydrogen-bond donors (Lipinski definition) is 3. The first-order chi connectivity index (χ1) is 9.41. The molecule has 20 heavy (non-hydrogen) atoms. The largest absolute Gasteiger partial charge is 0.354 e. The summed E-state index contributed by atoms with van der Waals surface area (Å²) in [5.41, 5.74) is 5.68. The first kappa shape index (κ1) is 16.6. The summed E-state index contributed by atoms with van der Waals surface area (Å²) in [7, 11) is 0. The summed E-state index contributed by atoms with van der Waals surface area (Å²) in [4.78, 5) is 27.4. The van der Waals surface area contributed by atoms with Gasteiger partial charge >= 0.3 is 0 Å². The molecule has 0 fully saturated rings. The van der Waals surface area contributed by atoms with E-state index < -0.39 is 6.04 Å². The molecule has 7 heteroatoms. The van der Waals surface area contributed by atoms with E-state index in [2.05, 4.69) is 15.6 Å². The van der Waals surface area contributed by atoms with Crippen LogP contribution in [-0.2, 0) is 9.59 Å². The molecule has 6 nitrogen and oxygen atoms in total. The van der Waals surface area contributed by atoms with Gasteiger partial charge in [0.1, 0.15) is 0 Å². The SMILES string of the molecule is CC(CNC(=O)CNC(=O)[C@@H](N)C(C)C)c1nccs1. The maximum absolute atomic E-state index is 11.6. The minimum atomic E-state index is -0.586. The van der Waals surface area contributed by atoms with Crippen LogP contribution in [0.5, 0.6) is 0 Å². The lowest BCUT2D eigenvalue weighted by molar-refractivity contribution is -0.127. The Morgan fingerprint density at radius 3 is 2.60 bits per heavy atom. The second kappa shape index (κ2) is 7.96. The monoisotopic (exact) mass is 298 g/mol. The molecule has 4 N–H and O–H groups in total. The molecule has 0 saturated carbocycles. The van der Waals surface area contributed by atoms with E-state index in [1.165, 1.54) is 0 Å². The Hall–Kier alpha value is -1.47. The highest BCUT2D eigenvalue weighted by Gasteiger charge is 2.17. The average molecular weight is 298 g/mol. The van der Waals surface area contributed by atoms with Gasteiger partial charge in [0, 0.05) is 24.0 Å². The van der Waals surface area contributed by atoms with Gasteiger partial charge in [0.05, 0.1) is 17.6 Å². The van der Waals surface area contributed by atoms with Crippen LogP contribution in [0.1, 0.15) is 31.7 Å². The van der Waals surface area contributed by atoms with Gasteiger partial charge in [-0.2, -0.15) is 0 Å². The van der Waals surface area contributed by atoms with Crippen LogP contribution >= 0.6 is 11.3 Å². The normalized spacial score (nSPS) is 13.8. The summed E-state index contributed by atoms with van der Waals surface area (Å²) in [5, 5.41) is 8.19. The smallest absolute Gasteiger partial charge is 0.239 e.